The van der Waals surface area contributed by atoms with Crippen molar-refractivity contribution in [3.05, 3.63) is 14.7 Å². The molecule has 1 aromatic carbocycles. The third kappa shape index (κ3) is 4.03. The van der Waals surface area contributed by atoms with E-state index in [4.69, 9.17) is 12.2 Å². The molecular weight excluding hydrogens is 256 g/mol. The van der Waals surface area contributed by atoms with Crippen molar-refractivity contribution in [2.24, 2.45) is 5.41 Å². The average molecular weight is 282 g/mol. The first-order valence-electron chi connectivity index (χ1n) is 6.87. The van der Waals surface area contributed by atoms with Gasteiger partial charge in [-0.1, -0.05) is 39.4 Å². The van der Waals surface area contributed by atoms with Crippen molar-refractivity contribution in [2.75, 3.05) is 37.5 Å². The highest BCUT2D eigenvalue weighted by atomic mass is 32.1. The van der Waals surface area contributed by atoms with Crippen molar-refractivity contribution in [3.8, 4) is 0 Å². The van der Waals surface area contributed by atoms with Crippen LogP contribution in [0.15, 0.2) is 4.79 Å². The van der Waals surface area contributed by atoms with Crippen LogP contribution in [0.3, 0.4) is 0 Å². The highest BCUT2D eigenvalue weighted by molar-refractivity contribution is 7.71. The van der Waals surface area contributed by atoms with Crippen LogP contribution >= 0.6 is 12.2 Å². The quantitative estimate of drug-likeness (QED) is 0.589. The predicted octanol–water partition coefficient (Wildman–Crippen LogP) is 3.37. The molecule has 3 nitrogen and oxygen atoms in total. The molecule has 0 radical (unpaired) electrons. The number of hydrogen-bond donors (Lipinski definition) is 0. The summed E-state index contributed by atoms with van der Waals surface area (Å²) in [6.45, 7) is 7.76. The molecule has 0 unspecified atom stereocenters. The van der Waals surface area contributed by atoms with Crippen molar-refractivity contribution < 1.29 is 0 Å². The molecule has 0 fully saturated rings. The standard InChI is InChI=1S/C15H26N2OS/c1-15(2,3)9-7-8-10-17(6)12-11(16(4)5)13(18)14(12)19/h7-10H2,1-6H3. The number of rotatable bonds is 6. The van der Waals surface area contributed by atoms with Gasteiger partial charge in [0.15, 0.2) is 0 Å². The lowest BCUT2D eigenvalue weighted by Gasteiger charge is -2.28. The second-order valence-electron chi connectivity index (χ2n) is 6.69. The molecule has 1 aromatic rings. The first kappa shape index (κ1) is 16.2. The molecule has 0 aliphatic rings. The van der Waals surface area contributed by atoms with Gasteiger partial charge < -0.3 is 9.80 Å². The van der Waals surface area contributed by atoms with E-state index < -0.39 is 0 Å². The molecule has 19 heavy (non-hydrogen) atoms. The molecule has 0 N–H and O–H groups in total. The SMILES string of the molecule is CN(C)c1c(N(C)CCCCC(C)(C)C)c(=S)c1=O. The van der Waals surface area contributed by atoms with Crippen LogP contribution in [0.4, 0.5) is 11.4 Å². The minimum absolute atomic E-state index is 0.0107. The minimum atomic E-state index is 0.0107. The monoisotopic (exact) mass is 282 g/mol. The summed E-state index contributed by atoms with van der Waals surface area (Å²) in [6, 6.07) is 0. The van der Waals surface area contributed by atoms with E-state index in [-0.39, 0.29) is 5.43 Å². The van der Waals surface area contributed by atoms with E-state index in [1.807, 2.05) is 26.0 Å². The van der Waals surface area contributed by atoms with E-state index in [9.17, 15) is 4.79 Å². The Morgan fingerprint density at radius 3 is 2.11 bits per heavy atom. The summed E-state index contributed by atoms with van der Waals surface area (Å²) in [7, 11) is 5.81. The Morgan fingerprint density at radius 2 is 1.63 bits per heavy atom. The molecular formula is C15H26N2OS. The van der Waals surface area contributed by atoms with Gasteiger partial charge in [0.1, 0.15) is 10.2 Å². The lowest BCUT2D eigenvalue weighted by molar-refractivity contribution is 0.361. The Labute approximate surface area is 121 Å². The van der Waals surface area contributed by atoms with E-state index in [1.165, 1.54) is 12.8 Å². The van der Waals surface area contributed by atoms with Crippen LogP contribution < -0.4 is 15.2 Å². The number of nitrogens with zero attached hydrogens (tertiary/aromatic N) is 2. The van der Waals surface area contributed by atoms with E-state index in [2.05, 4.69) is 25.7 Å². The van der Waals surface area contributed by atoms with Crippen LogP contribution in [0.2, 0.25) is 0 Å². The van der Waals surface area contributed by atoms with Crippen molar-refractivity contribution in [1.29, 1.82) is 0 Å². The molecule has 4 heteroatoms. The molecule has 0 amide bonds. The smallest absolute Gasteiger partial charge is 0.224 e. The third-order valence-corrected chi connectivity index (χ3v) is 3.74. The Bertz CT molecular complexity index is 493. The molecule has 0 saturated carbocycles. The number of unbranched alkanes of at least 4 members (excludes halogenated alkanes) is 1. The summed E-state index contributed by atoms with van der Waals surface area (Å²) in [5, 5.41) is 0. The maximum atomic E-state index is 11.7. The topological polar surface area (TPSA) is 23.6 Å². The van der Waals surface area contributed by atoms with Crippen LogP contribution in [0.25, 0.3) is 0 Å². The maximum absolute atomic E-state index is 11.7. The summed E-state index contributed by atoms with van der Waals surface area (Å²) < 4.78 is 0.488. The molecule has 108 valence electrons. The molecule has 0 aliphatic carbocycles. The molecule has 0 aromatic heterocycles. The first-order chi connectivity index (χ1) is 8.65. The lowest BCUT2D eigenvalue weighted by Crippen LogP contribution is -2.32. The van der Waals surface area contributed by atoms with Gasteiger partial charge in [0, 0.05) is 27.7 Å². The molecule has 0 heterocycles. The summed E-state index contributed by atoms with van der Waals surface area (Å²) in [5.41, 5.74) is 2.11. The Balaban J connectivity index is 2.56. The fraction of sp³-hybridized carbons (Fsp3) is 0.733. The first-order valence-corrected chi connectivity index (χ1v) is 7.28. The zero-order valence-corrected chi connectivity index (χ0v) is 13.9. The normalized spacial score (nSPS) is 11.9. The summed E-state index contributed by atoms with van der Waals surface area (Å²) in [6.07, 6.45) is 3.57. The number of hydrogen-bond acceptors (Lipinski definition) is 4. The van der Waals surface area contributed by atoms with Gasteiger partial charge in [-0.25, -0.2) is 0 Å². The highest BCUT2D eigenvalue weighted by Gasteiger charge is 2.22. The minimum Gasteiger partial charge on any atom is -0.373 e. The molecule has 0 bridgehead atoms. The summed E-state index contributed by atoms with van der Waals surface area (Å²) in [5.74, 6) is 0. The van der Waals surface area contributed by atoms with Gasteiger partial charge in [0.05, 0.1) is 5.69 Å². The van der Waals surface area contributed by atoms with Crippen LogP contribution in [0, 0.1) is 9.93 Å². The Hall–Kier alpha value is -0.900. The van der Waals surface area contributed by atoms with Crippen LogP contribution in [0.1, 0.15) is 40.0 Å². The zero-order chi connectivity index (χ0) is 14.8. The second-order valence-corrected chi connectivity index (χ2v) is 7.10. The van der Waals surface area contributed by atoms with Gasteiger partial charge in [-0.2, -0.15) is 0 Å². The molecule has 0 aliphatic heterocycles. The Morgan fingerprint density at radius 1 is 1.05 bits per heavy atom. The van der Waals surface area contributed by atoms with E-state index in [0.717, 1.165) is 24.3 Å². The van der Waals surface area contributed by atoms with Crippen molar-refractivity contribution in [3.63, 3.8) is 0 Å². The van der Waals surface area contributed by atoms with Crippen LogP contribution in [-0.4, -0.2) is 27.7 Å². The summed E-state index contributed by atoms with van der Waals surface area (Å²) >= 11 is 5.16. The average Bonchev–Trinajstić information content (AvgIpc) is 2.28. The van der Waals surface area contributed by atoms with E-state index >= 15 is 0 Å². The molecule has 0 saturated heterocycles. The van der Waals surface area contributed by atoms with Crippen LogP contribution in [-0.2, 0) is 0 Å². The van der Waals surface area contributed by atoms with Crippen LogP contribution in [0.5, 0.6) is 0 Å². The predicted molar refractivity (Wildman–Crippen MR) is 86.8 cm³/mol. The van der Waals surface area contributed by atoms with Gasteiger partial charge in [-0.05, 0) is 18.3 Å². The van der Waals surface area contributed by atoms with Gasteiger partial charge in [0.25, 0.3) is 0 Å². The maximum Gasteiger partial charge on any atom is 0.224 e. The third-order valence-electron chi connectivity index (χ3n) is 3.36. The van der Waals surface area contributed by atoms with Gasteiger partial charge in [-0.3, -0.25) is 4.79 Å². The summed E-state index contributed by atoms with van der Waals surface area (Å²) in [4.78, 5) is 15.7. The lowest BCUT2D eigenvalue weighted by atomic mass is 9.90. The fourth-order valence-corrected chi connectivity index (χ4v) is 2.60. The van der Waals surface area contributed by atoms with E-state index in [1.54, 1.807) is 0 Å². The van der Waals surface area contributed by atoms with E-state index in [0.29, 0.717) is 9.93 Å². The number of anilines is 2. The second kappa shape index (κ2) is 6.04. The van der Waals surface area contributed by atoms with Crippen molar-refractivity contribution in [1.82, 2.24) is 0 Å². The highest BCUT2D eigenvalue weighted by Crippen LogP contribution is 2.29. The fourth-order valence-electron chi connectivity index (χ4n) is 2.25. The van der Waals surface area contributed by atoms with Crippen molar-refractivity contribution >= 4 is 23.6 Å². The Kier molecular flexibility index (Phi) is 5.13. The molecule has 0 spiro atoms. The molecule has 0 atom stereocenters. The van der Waals surface area contributed by atoms with Gasteiger partial charge >= 0.3 is 0 Å². The molecule has 1 rings (SSSR count). The zero-order valence-electron chi connectivity index (χ0n) is 13.0. The van der Waals surface area contributed by atoms with Gasteiger partial charge in [0.2, 0.25) is 5.43 Å². The van der Waals surface area contributed by atoms with Gasteiger partial charge in [-0.15, -0.1) is 0 Å². The van der Waals surface area contributed by atoms with Crippen molar-refractivity contribution in [2.45, 2.75) is 40.0 Å². The largest absolute Gasteiger partial charge is 0.373 e.